The van der Waals surface area contributed by atoms with Crippen molar-refractivity contribution in [2.75, 3.05) is 52.9 Å². The largest absolute Gasteiger partial charge is 0.352 e. The number of carbonyl (C=O) groups is 1. The van der Waals surface area contributed by atoms with Crippen molar-refractivity contribution in [2.45, 2.75) is 46.3 Å². The van der Waals surface area contributed by atoms with Crippen molar-refractivity contribution in [3.05, 3.63) is 35.4 Å². The highest BCUT2D eigenvalue weighted by Crippen LogP contribution is 2.15. The van der Waals surface area contributed by atoms with Crippen molar-refractivity contribution >= 4 is 35.8 Å². The molecule has 1 amide bonds. The summed E-state index contributed by atoms with van der Waals surface area (Å²) in [6.45, 7) is 15.2. The van der Waals surface area contributed by atoms with Gasteiger partial charge >= 0.3 is 0 Å². The maximum absolute atomic E-state index is 12.2. The fourth-order valence-electron chi connectivity index (χ4n) is 4.40. The Bertz CT molecular complexity index is 748. The summed E-state index contributed by atoms with van der Waals surface area (Å²) >= 11 is 0. The molecule has 2 N–H and O–H groups in total. The first-order valence-electron chi connectivity index (χ1n) is 11.8. The maximum Gasteiger partial charge on any atom is 0.225 e. The molecule has 2 aliphatic heterocycles. The molecule has 0 spiro atoms. The number of piperazine rings is 1. The molecule has 0 aliphatic carbocycles. The van der Waals surface area contributed by atoms with Crippen LogP contribution >= 0.6 is 24.0 Å². The molecule has 0 bridgehead atoms. The van der Waals surface area contributed by atoms with Crippen LogP contribution in [0.4, 0.5) is 0 Å². The third kappa shape index (κ3) is 7.59. The van der Waals surface area contributed by atoms with Gasteiger partial charge in [-0.15, -0.1) is 24.0 Å². The fraction of sp³-hybridized carbons (Fsp3) is 0.667. The van der Waals surface area contributed by atoms with Crippen molar-refractivity contribution in [2.24, 2.45) is 10.9 Å². The Labute approximate surface area is 211 Å². The summed E-state index contributed by atoms with van der Waals surface area (Å²) < 4.78 is 0. The first kappa shape index (κ1) is 26.9. The Hall–Kier alpha value is -1.39. The van der Waals surface area contributed by atoms with Gasteiger partial charge in [0.15, 0.2) is 5.96 Å². The minimum Gasteiger partial charge on any atom is -0.352 e. The molecule has 2 fully saturated rings. The zero-order chi connectivity index (χ0) is 22.2. The number of amides is 1. The van der Waals surface area contributed by atoms with E-state index in [0.29, 0.717) is 0 Å². The van der Waals surface area contributed by atoms with Crippen LogP contribution in [0.5, 0.6) is 0 Å². The monoisotopic (exact) mass is 556 g/mol. The molecule has 3 rings (SSSR count). The van der Waals surface area contributed by atoms with Gasteiger partial charge in [-0.05, 0) is 24.1 Å². The van der Waals surface area contributed by atoms with Gasteiger partial charge in [-0.25, -0.2) is 0 Å². The Morgan fingerprint density at radius 2 is 1.75 bits per heavy atom. The summed E-state index contributed by atoms with van der Waals surface area (Å²) in [5.41, 5.74) is 2.69. The van der Waals surface area contributed by atoms with Crippen LogP contribution in [0.1, 0.15) is 38.3 Å². The molecule has 1 aromatic carbocycles. The highest BCUT2D eigenvalue weighted by atomic mass is 127. The molecule has 1 unspecified atom stereocenters. The van der Waals surface area contributed by atoms with Gasteiger partial charge in [0.05, 0.1) is 0 Å². The number of halogens is 1. The van der Waals surface area contributed by atoms with Gasteiger partial charge in [0.1, 0.15) is 0 Å². The molecule has 0 radical (unpaired) electrons. The number of hydrogen-bond donors (Lipinski definition) is 2. The van der Waals surface area contributed by atoms with Gasteiger partial charge in [0.2, 0.25) is 5.91 Å². The lowest BCUT2D eigenvalue weighted by Crippen LogP contribution is -2.46. The van der Waals surface area contributed by atoms with Crippen molar-refractivity contribution in [3.8, 4) is 0 Å². The van der Waals surface area contributed by atoms with Crippen molar-refractivity contribution in [1.29, 1.82) is 0 Å². The van der Waals surface area contributed by atoms with Crippen LogP contribution < -0.4 is 10.6 Å². The van der Waals surface area contributed by atoms with Crippen LogP contribution in [-0.4, -0.2) is 85.5 Å². The van der Waals surface area contributed by atoms with Gasteiger partial charge < -0.3 is 20.4 Å². The molecular formula is C24H41IN6O. The van der Waals surface area contributed by atoms with E-state index in [-0.39, 0.29) is 41.8 Å². The molecule has 1 atom stereocenters. The van der Waals surface area contributed by atoms with Crippen molar-refractivity contribution in [3.63, 3.8) is 0 Å². The summed E-state index contributed by atoms with van der Waals surface area (Å²) in [6, 6.07) is 8.94. The van der Waals surface area contributed by atoms with Crippen LogP contribution in [0.25, 0.3) is 0 Å². The van der Waals surface area contributed by atoms with Crippen LogP contribution in [0, 0.1) is 5.92 Å². The molecule has 0 aromatic heterocycles. The number of guanidine groups is 1. The zero-order valence-corrected chi connectivity index (χ0v) is 22.5. The second kappa shape index (κ2) is 13.3. The van der Waals surface area contributed by atoms with E-state index < -0.39 is 0 Å². The SMILES string of the molecule is CCN1CCN(Cc2ccccc2CNC(=NC)NC2CCN(C(=O)C(C)C)C2)CC1.I. The van der Waals surface area contributed by atoms with E-state index in [4.69, 9.17) is 0 Å². The normalized spacial score (nSPS) is 20.3. The van der Waals surface area contributed by atoms with Gasteiger partial charge in [0, 0.05) is 71.4 Å². The summed E-state index contributed by atoms with van der Waals surface area (Å²) in [4.78, 5) is 23.7. The van der Waals surface area contributed by atoms with E-state index >= 15 is 0 Å². The number of likely N-dealkylation sites (N-methyl/N-ethyl adjacent to an activating group) is 1. The lowest BCUT2D eigenvalue weighted by atomic mass is 10.1. The number of benzene rings is 1. The van der Waals surface area contributed by atoms with Gasteiger partial charge in [0.25, 0.3) is 0 Å². The summed E-state index contributed by atoms with van der Waals surface area (Å²) in [6.07, 6.45) is 0.958. The Balaban J connectivity index is 0.00000363. The second-order valence-electron chi connectivity index (χ2n) is 8.97. The molecule has 2 aliphatic rings. The first-order chi connectivity index (χ1) is 15.0. The van der Waals surface area contributed by atoms with Crippen molar-refractivity contribution in [1.82, 2.24) is 25.3 Å². The van der Waals surface area contributed by atoms with Gasteiger partial charge in [-0.2, -0.15) is 0 Å². The first-order valence-corrected chi connectivity index (χ1v) is 11.8. The van der Waals surface area contributed by atoms with E-state index in [0.717, 1.165) is 71.3 Å². The number of nitrogens with one attached hydrogen (secondary N) is 2. The average molecular weight is 557 g/mol. The number of carbonyl (C=O) groups excluding carboxylic acids is 1. The minimum atomic E-state index is 0. The average Bonchev–Trinajstić information content (AvgIpc) is 3.25. The van der Waals surface area contributed by atoms with E-state index in [9.17, 15) is 4.79 Å². The lowest BCUT2D eigenvalue weighted by Gasteiger charge is -2.34. The predicted octanol–water partition coefficient (Wildman–Crippen LogP) is 2.36. The molecule has 32 heavy (non-hydrogen) atoms. The highest BCUT2D eigenvalue weighted by Gasteiger charge is 2.28. The lowest BCUT2D eigenvalue weighted by molar-refractivity contribution is -0.133. The van der Waals surface area contributed by atoms with E-state index in [1.165, 1.54) is 11.1 Å². The van der Waals surface area contributed by atoms with E-state index in [1.807, 2.05) is 18.7 Å². The summed E-state index contributed by atoms with van der Waals surface area (Å²) in [5, 5.41) is 6.98. The van der Waals surface area contributed by atoms with Crippen LogP contribution in [0.15, 0.2) is 29.3 Å². The van der Waals surface area contributed by atoms with E-state index in [1.54, 1.807) is 7.05 Å². The number of likely N-dealkylation sites (tertiary alicyclic amines) is 1. The summed E-state index contributed by atoms with van der Waals surface area (Å²) in [5.74, 6) is 1.09. The number of aliphatic imine (C=N–C) groups is 1. The molecule has 1 aromatic rings. The fourth-order valence-corrected chi connectivity index (χ4v) is 4.40. The Morgan fingerprint density at radius 1 is 1.09 bits per heavy atom. The third-order valence-corrected chi connectivity index (χ3v) is 6.43. The van der Waals surface area contributed by atoms with Crippen LogP contribution in [-0.2, 0) is 17.9 Å². The smallest absolute Gasteiger partial charge is 0.225 e. The zero-order valence-electron chi connectivity index (χ0n) is 20.1. The quantitative estimate of drug-likeness (QED) is 0.307. The second-order valence-corrected chi connectivity index (χ2v) is 8.97. The van der Waals surface area contributed by atoms with Gasteiger partial charge in [-0.3, -0.25) is 14.7 Å². The predicted molar refractivity (Wildman–Crippen MR) is 142 cm³/mol. The number of nitrogens with zero attached hydrogens (tertiary/aromatic N) is 4. The molecule has 180 valence electrons. The molecule has 2 saturated heterocycles. The molecule has 0 saturated carbocycles. The van der Waals surface area contributed by atoms with Crippen LogP contribution in [0.3, 0.4) is 0 Å². The van der Waals surface area contributed by atoms with Gasteiger partial charge in [-0.1, -0.05) is 45.0 Å². The maximum atomic E-state index is 12.2. The topological polar surface area (TPSA) is 63.2 Å². The van der Waals surface area contributed by atoms with Crippen LogP contribution in [0.2, 0.25) is 0 Å². The standard InChI is InChI=1S/C24H40N6O.HI/c1-5-28-12-14-29(15-13-28)17-21-9-7-6-8-20(21)16-26-24(25-4)27-22-10-11-30(18-22)23(31)19(2)3;/h6-9,19,22H,5,10-18H2,1-4H3,(H2,25,26,27);1H. The molecular weight excluding hydrogens is 515 g/mol. The molecule has 2 heterocycles. The Kier molecular flexibility index (Phi) is 11.2. The third-order valence-electron chi connectivity index (χ3n) is 6.43. The number of rotatable bonds is 7. The van der Waals surface area contributed by atoms with Crippen molar-refractivity contribution < 1.29 is 4.79 Å². The number of hydrogen-bond acceptors (Lipinski definition) is 4. The molecule has 8 heteroatoms. The highest BCUT2D eigenvalue weighted by molar-refractivity contribution is 14.0. The summed E-state index contributed by atoms with van der Waals surface area (Å²) in [7, 11) is 1.81. The molecule has 7 nitrogen and oxygen atoms in total. The Morgan fingerprint density at radius 3 is 2.38 bits per heavy atom. The minimum absolute atomic E-state index is 0. The van der Waals surface area contributed by atoms with E-state index in [2.05, 4.69) is 56.6 Å².